The number of carbonyl (C=O) groups excluding carboxylic acids is 1. The number of hydrogen-bond acceptors (Lipinski definition) is 5. The Kier molecular flexibility index (Phi) is 4.54. The van der Waals surface area contributed by atoms with Crippen molar-refractivity contribution in [2.45, 2.75) is 45.1 Å². The lowest BCUT2D eigenvalue weighted by atomic mass is 9.95. The number of nitrogens with one attached hydrogen (secondary N) is 1. The minimum absolute atomic E-state index is 0.196. The first-order chi connectivity index (χ1) is 11.8. The molecule has 1 amide bonds. The van der Waals surface area contributed by atoms with Crippen LogP contribution in [0, 0.1) is 11.3 Å². The fourth-order valence-corrected chi connectivity index (χ4v) is 2.89. The Morgan fingerprint density at radius 2 is 2.04 bits per heavy atom. The van der Waals surface area contributed by atoms with Crippen LogP contribution in [0.25, 0.3) is 5.57 Å². The molecule has 2 heterocycles. The molecule has 6 nitrogen and oxygen atoms in total. The van der Waals surface area contributed by atoms with Gasteiger partial charge in [0, 0.05) is 42.2 Å². The molecule has 0 spiro atoms. The van der Waals surface area contributed by atoms with Gasteiger partial charge in [0.2, 0.25) is 0 Å². The van der Waals surface area contributed by atoms with Gasteiger partial charge < -0.3 is 20.8 Å². The highest BCUT2D eigenvalue weighted by Crippen LogP contribution is 2.37. The summed E-state index contributed by atoms with van der Waals surface area (Å²) in [6, 6.07) is 5.80. The Bertz CT molecular complexity index is 710. The number of hydrogen-bond donors (Lipinski definition) is 2. The molecule has 2 aliphatic rings. The van der Waals surface area contributed by atoms with Crippen molar-refractivity contribution in [3.8, 4) is 0 Å². The van der Waals surface area contributed by atoms with Gasteiger partial charge in [-0.05, 0) is 51.7 Å². The number of aromatic nitrogens is 1. The molecule has 1 saturated carbocycles. The number of likely N-dealkylation sites (tertiary alicyclic amines) is 1. The third-order valence-electron chi connectivity index (χ3n) is 4.47. The van der Waals surface area contributed by atoms with E-state index in [1.165, 1.54) is 6.21 Å². The van der Waals surface area contributed by atoms with Crippen molar-refractivity contribution in [3.63, 3.8) is 0 Å². The third-order valence-corrected chi connectivity index (χ3v) is 4.47. The molecule has 3 N–H and O–H groups in total. The number of carbonyl (C=O) groups is 1. The molecule has 0 atom stereocenters. The molecule has 0 radical (unpaired) electrons. The summed E-state index contributed by atoms with van der Waals surface area (Å²) in [5.74, 6) is 0.593. The lowest BCUT2D eigenvalue weighted by molar-refractivity contribution is 0.00787. The van der Waals surface area contributed by atoms with Crippen molar-refractivity contribution in [1.82, 2.24) is 9.88 Å². The number of nitrogens with two attached hydrogens (primary N) is 1. The summed E-state index contributed by atoms with van der Waals surface area (Å²) < 4.78 is 5.38. The third kappa shape index (κ3) is 4.00. The van der Waals surface area contributed by atoms with Gasteiger partial charge in [0.1, 0.15) is 5.60 Å². The monoisotopic (exact) mass is 342 g/mol. The van der Waals surface area contributed by atoms with Crippen LogP contribution in [-0.4, -0.2) is 40.9 Å². The quantitative estimate of drug-likeness (QED) is 0.822. The zero-order valence-corrected chi connectivity index (χ0v) is 15.1. The molecule has 6 heteroatoms. The standard InChI is InChI=1S/C19H26N4O2/c1-19(2,3)25-18(24)23-10-13(11-23)15-5-4-6-16(22-15)14(9-20)17(21)12-7-8-12/h4-6,9,12-13,20H,7-8,10-11,21H2,1-3H3. The van der Waals surface area contributed by atoms with E-state index >= 15 is 0 Å². The normalized spacial score (nSPS) is 19.1. The Morgan fingerprint density at radius 3 is 2.60 bits per heavy atom. The minimum atomic E-state index is -0.482. The zero-order chi connectivity index (χ0) is 18.2. The van der Waals surface area contributed by atoms with Crippen molar-refractivity contribution in [1.29, 1.82) is 5.41 Å². The van der Waals surface area contributed by atoms with E-state index in [4.69, 9.17) is 20.9 Å². The van der Waals surface area contributed by atoms with Gasteiger partial charge in [-0.25, -0.2) is 4.79 Å². The van der Waals surface area contributed by atoms with Gasteiger partial charge in [0.05, 0.1) is 5.69 Å². The molecule has 1 aromatic rings. The van der Waals surface area contributed by atoms with Crippen LogP contribution >= 0.6 is 0 Å². The van der Waals surface area contributed by atoms with Gasteiger partial charge in [-0.3, -0.25) is 4.98 Å². The second-order valence-electron chi connectivity index (χ2n) is 7.82. The van der Waals surface area contributed by atoms with Crippen LogP contribution in [0.4, 0.5) is 4.79 Å². The minimum Gasteiger partial charge on any atom is -0.444 e. The summed E-state index contributed by atoms with van der Waals surface area (Å²) in [4.78, 5) is 18.4. The Morgan fingerprint density at radius 1 is 1.36 bits per heavy atom. The molecule has 0 bridgehead atoms. The van der Waals surface area contributed by atoms with E-state index in [9.17, 15) is 4.79 Å². The molecule has 0 unspecified atom stereocenters. The molecule has 2 fully saturated rings. The molecular weight excluding hydrogens is 316 g/mol. The van der Waals surface area contributed by atoms with E-state index in [0.29, 0.717) is 24.6 Å². The van der Waals surface area contributed by atoms with Crippen LogP contribution in [0.2, 0.25) is 0 Å². The van der Waals surface area contributed by atoms with Crippen LogP contribution in [0.15, 0.2) is 23.9 Å². The van der Waals surface area contributed by atoms with Gasteiger partial charge in [0.15, 0.2) is 0 Å². The van der Waals surface area contributed by atoms with Gasteiger partial charge in [-0.1, -0.05) is 6.07 Å². The van der Waals surface area contributed by atoms with Crippen LogP contribution < -0.4 is 5.73 Å². The molecular formula is C19H26N4O2. The van der Waals surface area contributed by atoms with Crippen LogP contribution in [-0.2, 0) is 4.74 Å². The fraction of sp³-hybridized carbons (Fsp3) is 0.526. The second kappa shape index (κ2) is 6.50. The topological polar surface area (TPSA) is 92.3 Å². The first-order valence-corrected chi connectivity index (χ1v) is 8.74. The van der Waals surface area contributed by atoms with Crippen LogP contribution in [0.1, 0.15) is 50.9 Å². The van der Waals surface area contributed by atoms with Crippen molar-refractivity contribution in [2.75, 3.05) is 13.1 Å². The van der Waals surface area contributed by atoms with Crippen molar-refractivity contribution in [3.05, 3.63) is 35.3 Å². The van der Waals surface area contributed by atoms with Gasteiger partial charge in [0.25, 0.3) is 0 Å². The molecule has 1 aromatic heterocycles. The smallest absolute Gasteiger partial charge is 0.410 e. The van der Waals surface area contributed by atoms with Crippen molar-refractivity contribution >= 4 is 17.9 Å². The number of amides is 1. The highest BCUT2D eigenvalue weighted by Gasteiger charge is 2.35. The number of ether oxygens (including phenoxy) is 1. The molecule has 1 saturated heterocycles. The number of pyridine rings is 1. The lowest BCUT2D eigenvalue weighted by Crippen LogP contribution is -2.50. The fourth-order valence-electron chi connectivity index (χ4n) is 2.89. The van der Waals surface area contributed by atoms with Gasteiger partial charge in [-0.15, -0.1) is 0 Å². The Hall–Kier alpha value is -2.37. The molecule has 1 aliphatic heterocycles. The molecule has 3 rings (SSSR count). The van der Waals surface area contributed by atoms with Gasteiger partial charge in [-0.2, -0.15) is 0 Å². The predicted octanol–water partition coefficient (Wildman–Crippen LogP) is 3.15. The van der Waals surface area contributed by atoms with Crippen LogP contribution in [0.5, 0.6) is 0 Å². The largest absolute Gasteiger partial charge is 0.444 e. The van der Waals surface area contributed by atoms with Crippen molar-refractivity contribution in [2.24, 2.45) is 11.7 Å². The maximum atomic E-state index is 12.0. The summed E-state index contributed by atoms with van der Waals surface area (Å²) in [6.45, 7) is 6.80. The maximum Gasteiger partial charge on any atom is 0.410 e. The highest BCUT2D eigenvalue weighted by atomic mass is 16.6. The van der Waals surface area contributed by atoms with E-state index in [1.54, 1.807) is 4.90 Å². The summed E-state index contributed by atoms with van der Waals surface area (Å²) in [5, 5.41) is 7.69. The maximum absolute atomic E-state index is 12.0. The number of nitrogens with zero attached hydrogens (tertiary/aromatic N) is 2. The van der Waals surface area contributed by atoms with E-state index in [2.05, 4.69) is 0 Å². The number of rotatable bonds is 4. The SMILES string of the molecule is CC(C)(C)OC(=O)N1CC(c2cccc(C(C=N)=C(N)C3CC3)n2)C1. The van der Waals surface area contributed by atoms with E-state index < -0.39 is 5.60 Å². The predicted molar refractivity (Wildman–Crippen MR) is 97.4 cm³/mol. The summed E-state index contributed by atoms with van der Waals surface area (Å²) in [6.07, 6.45) is 3.21. The average molecular weight is 342 g/mol. The lowest BCUT2D eigenvalue weighted by Gasteiger charge is -2.39. The van der Waals surface area contributed by atoms with Gasteiger partial charge >= 0.3 is 6.09 Å². The molecule has 0 aromatic carbocycles. The number of allylic oxidation sites excluding steroid dienone is 2. The van der Waals surface area contributed by atoms with Crippen molar-refractivity contribution < 1.29 is 9.53 Å². The highest BCUT2D eigenvalue weighted by molar-refractivity contribution is 6.08. The average Bonchev–Trinajstić information content (AvgIpc) is 3.29. The summed E-state index contributed by atoms with van der Waals surface area (Å²) >= 11 is 0. The molecule has 25 heavy (non-hydrogen) atoms. The first-order valence-electron chi connectivity index (χ1n) is 8.74. The summed E-state index contributed by atoms with van der Waals surface area (Å²) in [7, 11) is 0. The summed E-state index contributed by atoms with van der Waals surface area (Å²) in [5.41, 5.74) is 8.85. The molecule has 134 valence electrons. The van der Waals surface area contributed by atoms with E-state index in [-0.39, 0.29) is 12.0 Å². The molecule has 1 aliphatic carbocycles. The van der Waals surface area contributed by atoms with E-state index in [1.807, 2.05) is 39.0 Å². The second-order valence-corrected chi connectivity index (χ2v) is 7.82. The zero-order valence-electron chi connectivity index (χ0n) is 15.1. The van der Waals surface area contributed by atoms with Crippen LogP contribution in [0.3, 0.4) is 0 Å². The van der Waals surface area contributed by atoms with E-state index in [0.717, 1.165) is 29.9 Å². The Labute approximate surface area is 148 Å². The first kappa shape index (κ1) is 17.5. The Balaban J connectivity index is 1.69.